The zero-order valence-electron chi connectivity index (χ0n) is 19.4. The summed E-state index contributed by atoms with van der Waals surface area (Å²) in [5.74, 6) is -0.806. The van der Waals surface area contributed by atoms with Gasteiger partial charge in [0.25, 0.3) is 17.6 Å². The summed E-state index contributed by atoms with van der Waals surface area (Å²) in [7, 11) is -7.14. The molecule has 0 radical (unpaired) electrons. The van der Waals surface area contributed by atoms with Crippen LogP contribution in [0.2, 0.25) is 0 Å². The second kappa shape index (κ2) is 13.3. The summed E-state index contributed by atoms with van der Waals surface area (Å²) >= 11 is 0. The van der Waals surface area contributed by atoms with Gasteiger partial charge in [-0.25, -0.2) is 9.88 Å². The molecular weight excluding hydrogens is 459 g/mol. The average Bonchev–Trinajstić information content (AvgIpc) is 2.68. The quantitative estimate of drug-likeness (QED) is 0.0954. The second-order valence-electron chi connectivity index (χ2n) is 7.79. The Morgan fingerprint density at radius 1 is 1.38 bits per heavy atom. The molecule has 1 aliphatic carbocycles. The molecule has 0 aromatic heterocycles. The molecule has 0 aromatic rings. The fourth-order valence-corrected chi connectivity index (χ4v) is 5.95. The molecule has 11 nitrogen and oxygen atoms in total. The van der Waals surface area contributed by atoms with Gasteiger partial charge in [0.1, 0.15) is 0 Å². The van der Waals surface area contributed by atoms with E-state index in [4.69, 9.17) is 19.0 Å². The van der Waals surface area contributed by atoms with Crippen molar-refractivity contribution in [2.75, 3.05) is 32.7 Å². The van der Waals surface area contributed by atoms with E-state index in [-0.39, 0.29) is 31.5 Å². The fraction of sp³-hybridized carbons (Fsp3) is 0.842. The lowest BCUT2D eigenvalue weighted by Crippen LogP contribution is -2.49. The van der Waals surface area contributed by atoms with Crippen molar-refractivity contribution in [1.82, 2.24) is 5.09 Å². The van der Waals surface area contributed by atoms with Crippen molar-refractivity contribution in [3.8, 4) is 0 Å². The highest BCUT2D eigenvalue weighted by molar-refractivity contribution is 7.86. The second-order valence-corrected chi connectivity index (χ2v) is 11.6. The Morgan fingerprint density at radius 3 is 2.59 bits per heavy atom. The third kappa shape index (κ3) is 10.0. The summed E-state index contributed by atoms with van der Waals surface area (Å²) in [4.78, 5) is 15.2. The van der Waals surface area contributed by atoms with Crippen molar-refractivity contribution in [3.05, 3.63) is 22.1 Å². The van der Waals surface area contributed by atoms with Crippen LogP contribution in [0.1, 0.15) is 46.5 Å². The summed E-state index contributed by atoms with van der Waals surface area (Å²) in [6.45, 7) is 7.53. The number of carbonyl (C=O) groups excluding carboxylic acids is 1. The maximum Gasteiger partial charge on any atom is 0.333 e. The molecule has 184 valence electrons. The van der Waals surface area contributed by atoms with Gasteiger partial charge in [0.2, 0.25) is 0 Å². The molecule has 0 fully saturated rings. The summed E-state index contributed by atoms with van der Waals surface area (Å²) in [5, 5.41) is 6.57. The van der Waals surface area contributed by atoms with Crippen LogP contribution in [0.15, 0.2) is 16.8 Å². The highest BCUT2D eigenvalue weighted by Crippen LogP contribution is 2.43. The number of hydrogen-bond donors (Lipinski definition) is 1. The monoisotopic (exact) mass is 494 g/mol. The first-order chi connectivity index (χ1) is 15.0. The van der Waals surface area contributed by atoms with Crippen LogP contribution in [0.3, 0.4) is 0 Å². The Balaban J connectivity index is 3.37. The lowest BCUT2D eigenvalue weighted by Gasteiger charge is -2.39. The van der Waals surface area contributed by atoms with Crippen molar-refractivity contribution in [3.63, 3.8) is 0 Å². The van der Waals surface area contributed by atoms with Crippen LogP contribution < -0.4 is 5.09 Å². The number of carbonyl (C=O) groups is 1. The zero-order chi connectivity index (χ0) is 24.4. The number of azide groups is 1. The summed E-state index contributed by atoms with van der Waals surface area (Å²) < 4.78 is 52.7. The predicted octanol–water partition coefficient (Wildman–Crippen LogP) is 3.77. The van der Waals surface area contributed by atoms with Gasteiger partial charge in [-0.3, -0.25) is 8.75 Å². The van der Waals surface area contributed by atoms with Crippen LogP contribution in [0.4, 0.5) is 0 Å². The number of esters is 1. The van der Waals surface area contributed by atoms with E-state index in [1.54, 1.807) is 19.9 Å². The van der Waals surface area contributed by atoms with Gasteiger partial charge in [-0.2, -0.15) is 8.42 Å². The largest absolute Gasteiger partial charge is 0.463 e. The molecule has 1 unspecified atom stereocenters. The van der Waals surface area contributed by atoms with Crippen LogP contribution in [-0.4, -0.2) is 59.2 Å². The van der Waals surface area contributed by atoms with E-state index in [1.165, 1.54) is 6.66 Å². The number of hydrogen-bond acceptors (Lipinski definition) is 8. The van der Waals surface area contributed by atoms with E-state index < -0.39 is 35.8 Å². The van der Waals surface area contributed by atoms with Gasteiger partial charge in [-0.05, 0) is 44.1 Å². The highest BCUT2D eigenvalue weighted by Gasteiger charge is 2.41. The topological polar surface area (TPSA) is 157 Å². The van der Waals surface area contributed by atoms with Crippen molar-refractivity contribution in [2.24, 2.45) is 17.0 Å². The van der Waals surface area contributed by atoms with E-state index in [0.29, 0.717) is 25.0 Å². The van der Waals surface area contributed by atoms with E-state index in [1.807, 2.05) is 6.92 Å². The number of rotatable bonds is 14. The smallest absolute Gasteiger partial charge is 0.333 e. The third-order valence-corrected chi connectivity index (χ3v) is 7.29. The molecule has 0 spiro atoms. The molecule has 1 aliphatic rings. The molecule has 0 aliphatic heterocycles. The Morgan fingerprint density at radius 2 is 2.06 bits per heavy atom. The maximum atomic E-state index is 12.9. The zero-order valence-corrected chi connectivity index (χ0v) is 21.1. The first-order valence-electron chi connectivity index (χ1n) is 10.7. The Labute approximate surface area is 190 Å². The minimum Gasteiger partial charge on any atom is -0.463 e. The first-order valence-corrected chi connectivity index (χ1v) is 14.6. The minimum atomic E-state index is -3.87. The van der Waals surface area contributed by atoms with Crippen molar-refractivity contribution in [1.29, 1.82) is 0 Å². The summed E-state index contributed by atoms with van der Waals surface area (Å²) in [6.07, 6.45) is 3.64. The van der Waals surface area contributed by atoms with Gasteiger partial charge in [-0.15, -0.1) is 0 Å². The number of nitrogens with one attached hydrogen (secondary N) is 1. The lowest BCUT2D eigenvalue weighted by atomic mass is 9.78. The van der Waals surface area contributed by atoms with Gasteiger partial charge in [0.15, 0.2) is 0 Å². The van der Waals surface area contributed by atoms with E-state index in [2.05, 4.69) is 15.1 Å². The minimum absolute atomic E-state index is 0.0122. The highest BCUT2D eigenvalue weighted by atomic mass is 32.2. The van der Waals surface area contributed by atoms with Gasteiger partial charge in [0.05, 0.1) is 25.6 Å². The predicted molar refractivity (Wildman–Crippen MR) is 122 cm³/mol. The van der Waals surface area contributed by atoms with Crippen LogP contribution in [0.25, 0.3) is 10.4 Å². The van der Waals surface area contributed by atoms with Crippen molar-refractivity contribution < 1.29 is 31.2 Å². The molecule has 0 saturated heterocycles. The van der Waals surface area contributed by atoms with Gasteiger partial charge >= 0.3 is 5.97 Å². The first kappa shape index (κ1) is 28.6. The van der Waals surface area contributed by atoms with Crippen LogP contribution in [0, 0.1) is 11.8 Å². The molecule has 0 amide bonds. The maximum absolute atomic E-state index is 12.9. The van der Waals surface area contributed by atoms with Crippen molar-refractivity contribution in [2.45, 2.75) is 58.6 Å². The van der Waals surface area contributed by atoms with Gasteiger partial charge < -0.3 is 9.26 Å². The Hall–Kier alpha value is -1.42. The fourth-order valence-electron chi connectivity index (χ4n) is 3.85. The molecule has 0 bridgehead atoms. The van der Waals surface area contributed by atoms with E-state index in [9.17, 15) is 17.8 Å². The lowest BCUT2D eigenvalue weighted by molar-refractivity contribution is -0.139. The molecule has 0 heterocycles. The van der Waals surface area contributed by atoms with Crippen molar-refractivity contribution >= 4 is 23.6 Å². The standard InChI is InChI=1S/C19H35N4O7PS/c1-6-14(9-10-21-23-20)11-15-12-16(19(24)28-7-2)13-17(30-32(5,26)27)18(15)22-31(4,25)29-8-3/h12,14-15,17-18H,6-11,13H2,1-5H3,(H,22,25)/t14-,15+,17-,18-,31?/m0/s1. The van der Waals surface area contributed by atoms with Crippen LogP contribution in [-0.2, 0) is 32.9 Å². The molecule has 5 atom stereocenters. The molecular formula is C19H35N4O7PS. The van der Waals surface area contributed by atoms with E-state index in [0.717, 1.165) is 12.7 Å². The molecule has 1 rings (SSSR count). The summed E-state index contributed by atoms with van der Waals surface area (Å²) in [6, 6.07) is -0.682. The van der Waals surface area contributed by atoms with Crippen LogP contribution in [0.5, 0.6) is 0 Å². The molecule has 13 heteroatoms. The Bertz CT molecular complexity index is 858. The van der Waals surface area contributed by atoms with Crippen LogP contribution >= 0.6 is 7.52 Å². The molecule has 1 N–H and O–H groups in total. The number of nitrogens with zero attached hydrogens (tertiary/aromatic N) is 3. The SMILES string of the molecule is CCOC(=O)C1=C[C@@H](C[C@@H](CC)CCN=[N+]=[N-])[C@H](NP(C)(=O)OCC)[C@@H](OS(C)(=O)=O)C1. The number of ether oxygens (including phenoxy) is 1. The average molecular weight is 495 g/mol. The van der Waals surface area contributed by atoms with Gasteiger partial charge in [-0.1, -0.05) is 24.5 Å². The van der Waals surface area contributed by atoms with E-state index >= 15 is 0 Å². The third-order valence-electron chi connectivity index (χ3n) is 5.18. The molecule has 0 saturated carbocycles. The van der Waals surface area contributed by atoms with Gasteiger partial charge in [0, 0.05) is 36.2 Å². The normalized spacial score (nSPS) is 24.0. The summed E-state index contributed by atoms with van der Waals surface area (Å²) in [5.41, 5.74) is 8.87. The Kier molecular flexibility index (Phi) is 11.9. The molecule has 32 heavy (non-hydrogen) atoms. The molecule has 0 aromatic carbocycles.